The van der Waals surface area contributed by atoms with Crippen LogP contribution in [0.15, 0.2) is 60.7 Å². The van der Waals surface area contributed by atoms with E-state index in [1.807, 2.05) is 60.7 Å². The van der Waals surface area contributed by atoms with E-state index in [4.69, 9.17) is 4.74 Å². The van der Waals surface area contributed by atoms with Gasteiger partial charge in [-0.3, -0.25) is 0 Å². The summed E-state index contributed by atoms with van der Waals surface area (Å²) in [5.74, 6) is 0. The van der Waals surface area contributed by atoms with Gasteiger partial charge in [-0.2, -0.15) is 0 Å². The molecule has 0 spiro atoms. The Bertz CT molecular complexity index is 584. The summed E-state index contributed by atoms with van der Waals surface area (Å²) >= 11 is 0. The van der Waals surface area contributed by atoms with Crippen LogP contribution in [0.2, 0.25) is 0 Å². The summed E-state index contributed by atoms with van der Waals surface area (Å²) in [4.78, 5) is 22.6. The Balaban J connectivity index is 1.84. The maximum absolute atomic E-state index is 11.8. The van der Waals surface area contributed by atoms with Crippen LogP contribution in [0.25, 0.3) is 0 Å². The van der Waals surface area contributed by atoms with Gasteiger partial charge < -0.3 is 14.8 Å². The molecule has 0 aliphatic carbocycles. The fourth-order valence-corrected chi connectivity index (χ4v) is 2.14. The molecule has 2 aromatic rings. The van der Waals surface area contributed by atoms with Gasteiger partial charge in [-0.25, -0.2) is 4.79 Å². The molecule has 0 heterocycles. The van der Waals surface area contributed by atoms with Crippen molar-refractivity contribution in [1.29, 1.82) is 0 Å². The largest absolute Gasteiger partial charge is 0.445 e. The zero-order chi connectivity index (χ0) is 15.6. The average molecular weight is 297 g/mol. The molecule has 0 aliphatic rings. The summed E-state index contributed by atoms with van der Waals surface area (Å²) in [6, 6.07) is 18.9. The number of ether oxygens (including phenoxy) is 1. The second-order valence-corrected chi connectivity index (χ2v) is 5.00. The molecule has 0 radical (unpaired) electrons. The van der Waals surface area contributed by atoms with Gasteiger partial charge >= 0.3 is 6.09 Å². The summed E-state index contributed by atoms with van der Waals surface area (Å²) in [6.07, 6.45) is 1.16. The third kappa shape index (κ3) is 5.40. The number of aldehydes is 1. The lowest BCUT2D eigenvalue weighted by Gasteiger charge is -2.16. The number of nitrogens with one attached hydrogen (secondary N) is 1. The van der Waals surface area contributed by atoms with Crippen molar-refractivity contribution >= 4 is 12.4 Å². The number of rotatable bonds is 7. The van der Waals surface area contributed by atoms with Crippen molar-refractivity contribution in [3.8, 4) is 0 Å². The molecule has 1 amide bonds. The maximum Gasteiger partial charge on any atom is 0.407 e. The normalized spacial score (nSPS) is 11.5. The standard InChI is InChI=1S/C18H19NO3/c20-12-11-17(13-15-7-3-1-4-8-15)19-18(21)22-14-16-9-5-2-6-10-16/h1-10,12,17H,11,13-14H2,(H,19,21)/t17-/m1/s1. The molecule has 0 unspecified atom stereocenters. The van der Waals surface area contributed by atoms with Crippen LogP contribution in [0.1, 0.15) is 17.5 Å². The number of alkyl carbamates (subject to hydrolysis) is 1. The summed E-state index contributed by atoms with van der Waals surface area (Å²) in [5, 5.41) is 2.74. The highest BCUT2D eigenvalue weighted by Crippen LogP contribution is 2.06. The maximum atomic E-state index is 11.8. The van der Waals surface area contributed by atoms with E-state index in [1.165, 1.54) is 0 Å². The Hall–Kier alpha value is -2.62. The van der Waals surface area contributed by atoms with Gasteiger partial charge in [0.2, 0.25) is 0 Å². The van der Waals surface area contributed by atoms with Crippen molar-refractivity contribution in [1.82, 2.24) is 5.32 Å². The van der Waals surface area contributed by atoms with Gasteiger partial charge in [0.05, 0.1) is 0 Å². The molecule has 4 nitrogen and oxygen atoms in total. The summed E-state index contributed by atoms with van der Waals surface area (Å²) in [5.41, 5.74) is 1.99. The first-order valence-corrected chi connectivity index (χ1v) is 7.22. The van der Waals surface area contributed by atoms with Crippen LogP contribution in [0.3, 0.4) is 0 Å². The predicted molar refractivity (Wildman–Crippen MR) is 84.4 cm³/mol. The fraction of sp³-hybridized carbons (Fsp3) is 0.222. The minimum absolute atomic E-state index is 0.214. The third-order valence-corrected chi connectivity index (χ3v) is 3.24. The number of amides is 1. The molecule has 0 fully saturated rings. The smallest absolute Gasteiger partial charge is 0.407 e. The van der Waals surface area contributed by atoms with Crippen LogP contribution >= 0.6 is 0 Å². The zero-order valence-electron chi connectivity index (χ0n) is 12.3. The van der Waals surface area contributed by atoms with E-state index >= 15 is 0 Å². The Morgan fingerprint density at radius 1 is 1.00 bits per heavy atom. The highest BCUT2D eigenvalue weighted by molar-refractivity contribution is 5.68. The Morgan fingerprint density at radius 2 is 1.59 bits per heavy atom. The van der Waals surface area contributed by atoms with Crippen LogP contribution in [0.5, 0.6) is 0 Å². The van der Waals surface area contributed by atoms with Gasteiger partial charge in [0.15, 0.2) is 0 Å². The molecule has 0 aromatic heterocycles. The summed E-state index contributed by atoms with van der Waals surface area (Å²) in [6.45, 7) is 0.214. The first kappa shape index (κ1) is 15.8. The van der Waals surface area contributed by atoms with Crippen LogP contribution in [-0.2, 0) is 22.6 Å². The van der Waals surface area contributed by atoms with Crippen molar-refractivity contribution in [3.63, 3.8) is 0 Å². The number of benzene rings is 2. The molecule has 1 N–H and O–H groups in total. The molecule has 0 saturated heterocycles. The minimum atomic E-state index is -0.508. The second kappa shape index (κ2) is 8.62. The first-order chi connectivity index (χ1) is 10.8. The van der Waals surface area contributed by atoms with E-state index in [-0.39, 0.29) is 19.1 Å². The van der Waals surface area contributed by atoms with E-state index in [2.05, 4.69) is 5.32 Å². The van der Waals surface area contributed by atoms with Crippen molar-refractivity contribution in [2.45, 2.75) is 25.5 Å². The number of carbonyl (C=O) groups is 2. The molecular formula is C18H19NO3. The molecule has 22 heavy (non-hydrogen) atoms. The number of carbonyl (C=O) groups excluding carboxylic acids is 2. The quantitative estimate of drug-likeness (QED) is 0.799. The van der Waals surface area contributed by atoms with Crippen molar-refractivity contribution in [2.24, 2.45) is 0 Å². The Labute approximate surface area is 130 Å². The first-order valence-electron chi connectivity index (χ1n) is 7.22. The van der Waals surface area contributed by atoms with Gasteiger partial charge in [0, 0.05) is 12.5 Å². The highest BCUT2D eigenvalue weighted by atomic mass is 16.5. The molecule has 0 bridgehead atoms. The van der Waals surface area contributed by atoms with Crippen molar-refractivity contribution in [2.75, 3.05) is 0 Å². The predicted octanol–water partition coefficient (Wildman–Crippen LogP) is 3.11. The van der Waals surface area contributed by atoms with Crippen LogP contribution in [0, 0.1) is 0 Å². The lowest BCUT2D eigenvalue weighted by Crippen LogP contribution is -2.37. The molecule has 0 saturated carbocycles. The van der Waals surface area contributed by atoms with E-state index in [9.17, 15) is 9.59 Å². The van der Waals surface area contributed by atoms with E-state index < -0.39 is 6.09 Å². The molecule has 2 rings (SSSR count). The SMILES string of the molecule is O=CC[C@H](Cc1ccccc1)NC(=O)OCc1ccccc1. The van der Waals surface area contributed by atoms with Gasteiger partial charge in [-0.05, 0) is 17.5 Å². The van der Waals surface area contributed by atoms with Gasteiger partial charge in [0.25, 0.3) is 0 Å². The Morgan fingerprint density at radius 3 is 2.18 bits per heavy atom. The highest BCUT2D eigenvalue weighted by Gasteiger charge is 2.13. The second-order valence-electron chi connectivity index (χ2n) is 5.00. The molecule has 0 aliphatic heterocycles. The van der Waals surface area contributed by atoms with Gasteiger partial charge in [0.1, 0.15) is 12.9 Å². The van der Waals surface area contributed by atoms with Crippen LogP contribution < -0.4 is 5.32 Å². The third-order valence-electron chi connectivity index (χ3n) is 3.24. The molecular weight excluding hydrogens is 278 g/mol. The van der Waals surface area contributed by atoms with E-state index in [1.54, 1.807) is 0 Å². The summed E-state index contributed by atoms with van der Waals surface area (Å²) < 4.78 is 5.18. The minimum Gasteiger partial charge on any atom is -0.445 e. The molecule has 1 atom stereocenters. The van der Waals surface area contributed by atoms with Crippen LogP contribution in [0.4, 0.5) is 4.79 Å². The number of hydrogen-bond donors (Lipinski definition) is 1. The van der Waals surface area contributed by atoms with E-state index in [0.717, 1.165) is 17.4 Å². The summed E-state index contributed by atoms with van der Waals surface area (Å²) in [7, 11) is 0. The molecule has 2 aromatic carbocycles. The van der Waals surface area contributed by atoms with Crippen molar-refractivity contribution < 1.29 is 14.3 Å². The fourth-order valence-electron chi connectivity index (χ4n) is 2.14. The molecule has 4 heteroatoms. The lowest BCUT2D eigenvalue weighted by atomic mass is 10.0. The topological polar surface area (TPSA) is 55.4 Å². The van der Waals surface area contributed by atoms with Gasteiger partial charge in [-0.15, -0.1) is 0 Å². The van der Waals surface area contributed by atoms with Crippen molar-refractivity contribution in [3.05, 3.63) is 71.8 Å². The average Bonchev–Trinajstić information content (AvgIpc) is 2.55. The van der Waals surface area contributed by atoms with E-state index in [0.29, 0.717) is 6.42 Å². The van der Waals surface area contributed by atoms with Crippen LogP contribution in [-0.4, -0.2) is 18.4 Å². The lowest BCUT2D eigenvalue weighted by molar-refractivity contribution is -0.108. The van der Waals surface area contributed by atoms with Gasteiger partial charge in [-0.1, -0.05) is 60.7 Å². The monoisotopic (exact) mass is 297 g/mol. The zero-order valence-corrected chi connectivity index (χ0v) is 12.3. The number of hydrogen-bond acceptors (Lipinski definition) is 3. The Kier molecular flexibility index (Phi) is 6.18. The molecule has 114 valence electrons.